The average Bonchev–Trinajstić information content (AvgIpc) is 3.25. The third-order valence-corrected chi connectivity index (χ3v) is 5.84. The van der Waals surface area contributed by atoms with E-state index in [1.807, 2.05) is 25.1 Å². The van der Waals surface area contributed by atoms with Crippen LogP contribution in [0.25, 0.3) is 10.9 Å². The molecule has 0 aliphatic heterocycles. The molecule has 0 unspecified atom stereocenters. The molecule has 1 amide bonds. The molecule has 0 spiro atoms. The molecular weight excluding hydrogens is 409 g/mol. The molecule has 2 heterocycles. The van der Waals surface area contributed by atoms with E-state index >= 15 is 0 Å². The first-order valence-electron chi connectivity index (χ1n) is 10.4. The lowest BCUT2D eigenvalue weighted by Crippen LogP contribution is -2.30. The van der Waals surface area contributed by atoms with Crippen LogP contribution in [0.5, 0.6) is 5.75 Å². The summed E-state index contributed by atoms with van der Waals surface area (Å²) in [5.74, 6) is 0.403. The molecule has 0 fully saturated rings. The average molecular weight is 434 g/mol. The van der Waals surface area contributed by atoms with Crippen molar-refractivity contribution >= 4 is 16.8 Å². The fraction of sp³-hybridized carbons (Fsp3) is 0.455. The zero-order valence-electron chi connectivity index (χ0n) is 17.5. The van der Waals surface area contributed by atoms with Crippen molar-refractivity contribution in [1.29, 1.82) is 0 Å². The minimum atomic E-state index is -4.50. The van der Waals surface area contributed by atoms with Crippen LogP contribution in [0.3, 0.4) is 0 Å². The van der Waals surface area contributed by atoms with Crippen LogP contribution >= 0.6 is 0 Å². The molecule has 4 rings (SSSR count). The number of nitrogens with one attached hydrogen (secondary N) is 2. The molecule has 1 aliphatic rings. The van der Waals surface area contributed by atoms with Gasteiger partial charge in [-0.25, -0.2) is 0 Å². The molecule has 2 N–H and O–H groups in total. The van der Waals surface area contributed by atoms with Crippen LogP contribution in [-0.4, -0.2) is 34.3 Å². The highest BCUT2D eigenvalue weighted by Gasteiger charge is 2.39. The number of carbonyl (C=O) groups is 1. The standard InChI is InChI=1S/C22H25F3N4O2/c1-13-15(17-11-14(31-2)7-8-18(17)27-13)9-10-26-20(30)12-29-19-6-4-3-5-16(19)21(28-29)22(23,24)25/h7-8,11,27H,3-6,9-10,12H2,1-2H3,(H,26,30). The largest absolute Gasteiger partial charge is 0.497 e. The Morgan fingerprint density at radius 3 is 2.81 bits per heavy atom. The topological polar surface area (TPSA) is 71.9 Å². The van der Waals surface area contributed by atoms with Crippen molar-refractivity contribution in [3.63, 3.8) is 0 Å². The van der Waals surface area contributed by atoms with Crippen molar-refractivity contribution in [2.75, 3.05) is 13.7 Å². The van der Waals surface area contributed by atoms with Gasteiger partial charge in [0.2, 0.25) is 5.91 Å². The van der Waals surface area contributed by atoms with Crippen molar-refractivity contribution in [3.05, 3.63) is 46.4 Å². The zero-order valence-corrected chi connectivity index (χ0v) is 17.5. The maximum Gasteiger partial charge on any atom is 0.435 e. The molecule has 0 bridgehead atoms. The Bertz CT molecular complexity index is 1110. The van der Waals surface area contributed by atoms with E-state index in [-0.39, 0.29) is 18.0 Å². The number of nitrogens with zero attached hydrogens (tertiary/aromatic N) is 2. The lowest BCUT2D eigenvalue weighted by atomic mass is 9.95. The zero-order chi connectivity index (χ0) is 22.2. The quantitative estimate of drug-likeness (QED) is 0.617. The minimum Gasteiger partial charge on any atom is -0.497 e. The first kappa shape index (κ1) is 21.3. The summed E-state index contributed by atoms with van der Waals surface area (Å²) in [6.45, 7) is 2.14. The second-order valence-corrected chi connectivity index (χ2v) is 7.88. The van der Waals surface area contributed by atoms with Gasteiger partial charge in [0.1, 0.15) is 12.3 Å². The van der Waals surface area contributed by atoms with Gasteiger partial charge in [-0.05, 0) is 62.8 Å². The number of benzene rings is 1. The number of alkyl halides is 3. The molecule has 0 radical (unpaired) electrons. The van der Waals surface area contributed by atoms with Crippen LogP contribution in [-0.2, 0) is 36.8 Å². The van der Waals surface area contributed by atoms with Crippen LogP contribution in [0, 0.1) is 6.92 Å². The number of ether oxygens (including phenoxy) is 1. The Hall–Kier alpha value is -2.97. The summed E-state index contributed by atoms with van der Waals surface area (Å²) in [5, 5.41) is 7.60. The number of amides is 1. The van der Waals surface area contributed by atoms with Gasteiger partial charge < -0.3 is 15.0 Å². The molecule has 6 nitrogen and oxygen atoms in total. The normalized spacial score (nSPS) is 14.0. The van der Waals surface area contributed by atoms with Crippen molar-refractivity contribution in [2.45, 2.75) is 51.7 Å². The summed E-state index contributed by atoms with van der Waals surface area (Å²) in [4.78, 5) is 15.8. The number of rotatable bonds is 6. The first-order valence-corrected chi connectivity index (χ1v) is 10.4. The highest BCUT2D eigenvalue weighted by molar-refractivity contribution is 5.86. The Labute approximate surface area is 177 Å². The highest BCUT2D eigenvalue weighted by Crippen LogP contribution is 2.35. The summed E-state index contributed by atoms with van der Waals surface area (Å²) >= 11 is 0. The maximum atomic E-state index is 13.3. The summed E-state index contributed by atoms with van der Waals surface area (Å²) in [7, 11) is 1.61. The second kappa shape index (κ2) is 8.28. The van der Waals surface area contributed by atoms with Crippen molar-refractivity contribution in [2.24, 2.45) is 0 Å². The second-order valence-electron chi connectivity index (χ2n) is 7.88. The van der Waals surface area contributed by atoms with Gasteiger partial charge in [0.05, 0.1) is 7.11 Å². The van der Waals surface area contributed by atoms with E-state index in [9.17, 15) is 18.0 Å². The number of halogens is 3. The molecule has 0 atom stereocenters. The van der Waals surface area contributed by atoms with E-state index in [0.717, 1.165) is 34.3 Å². The number of fused-ring (bicyclic) bond motifs is 2. The number of carbonyl (C=O) groups excluding carboxylic acids is 1. The Morgan fingerprint density at radius 2 is 2.06 bits per heavy atom. The number of H-pyrrole nitrogens is 1. The van der Waals surface area contributed by atoms with E-state index in [4.69, 9.17) is 4.74 Å². The molecule has 1 aromatic carbocycles. The lowest BCUT2D eigenvalue weighted by molar-refractivity contribution is -0.142. The number of methoxy groups -OCH3 is 1. The molecule has 2 aromatic heterocycles. The third-order valence-electron chi connectivity index (χ3n) is 5.84. The van der Waals surface area contributed by atoms with Gasteiger partial charge in [0.25, 0.3) is 0 Å². The third kappa shape index (κ3) is 4.26. The van der Waals surface area contributed by atoms with Crippen LogP contribution in [0.2, 0.25) is 0 Å². The van der Waals surface area contributed by atoms with Gasteiger partial charge in [-0.15, -0.1) is 0 Å². The van der Waals surface area contributed by atoms with Crippen LogP contribution < -0.4 is 10.1 Å². The van der Waals surface area contributed by atoms with Crippen LogP contribution in [0.1, 0.15) is 41.1 Å². The van der Waals surface area contributed by atoms with E-state index in [1.54, 1.807) is 7.11 Å². The maximum absolute atomic E-state index is 13.3. The summed E-state index contributed by atoms with van der Waals surface area (Å²) in [5.41, 5.74) is 3.00. The molecule has 0 saturated heterocycles. The number of aromatic amines is 1. The van der Waals surface area contributed by atoms with E-state index in [1.165, 1.54) is 4.68 Å². The van der Waals surface area contributed by atoms with E-state index in [2.05, 4.69) is 15.4 Å². The summed E-state index contributed by atoms with van der Waals surface area (Å²) in [6, 6.07) is 5.77. The number of hydrogen-bond donors (Lipinski definition) is 2. The van der Waals surface area contributed by atoms with E-state index in [0.29, 0.717) is 37.9 Å². The SMILES string of the molecule is COc1ccc2[nH]c(C)c(CCNC(=O)Cn3nc(C(F)(F)F)c4c3CCCC4)c2c1. The predicted octanol–water partition coefficient (Wildman–Crippen LogP) is 3.94. The smallest absolute Gasteiger partial charge is 0.435 e. The summed E-state index contributed by atoms with van der Waals surface area (Å²) < 4.78 is 46.5. The lowest BCUT2D eigenvalue weighted by Gasteiger charge is -2.14. The number of aromatic nitrogens is 3. The van der Waals surface area contributed by atoms with Gasteiger partial charge >= 0.3 is 6.18 Å². The van der Waals surface area contributed by atoms with Crippen molar-refractivity contribution in [3.8, 4) is 5.75 Å². The Kier molecular flexibility index (Phi) is 5.68. The van der Waals surface area contributed by atoms with Gasteiger partial charge in [-0.2, -0.15) is 18.3 Å². The van der Waals surface area contributed by atoms with Gasteiger partial charge in [0, 0.05) is 34.4 Å². The van der Waals surface area contributed by atoms with E-state index < -0.39 is 11.9 Å². The molecular formula is C22H25F3N4O2. The van der Waals surface area contributed by atoms with Gasteiger partial charge in [-0.3, -0.25) is 9.48 Å². The van der Waals surface area contributed by atoms with Crippen LogP contribution in [0.4, 0.5) is 13.2 Å². The summed E-state index contributed by atoms with van der Waals surface area (Å²) in [6.07, 6.45) is -1.52. The van der Waals surface area contributed by atoms with Crippen molar-refractivity contribution < 1.29 is 22.7 Å². The highest BCUT2D eigenvalue weighted by atomic mass is 19.4. The predicted molar refractivity (Wildman–Crippen MR) is 110 cm³/mol. The molecule has 0 saturated carbocycles. The fourth-order valence-corrected chi connectivity index (χ4v) is 4.36. The molecule has 9 heteroatoms. The Morgan fingerprint density at radius 1 is 1.29 bits per heavy atom. The molecule has 3 aromatic rings. The minimum absolute atomic E-state index is 0.209. The monoisotopic (exact) mass is 434 g/mol. The fourth-order valence-electron chi connectivity index (χ4n) is 4.36. The van der Waals surface area contributed by atoms with Gasteiger partial charge in [-0.1, -0.05) is 0 Å². The van der Waals surface area contributed by atoms with Crippen LogP contribution in [0.15, 0.2) is 18.2 Å². The molecule has 166 valence electrons. The number of hydrogen-bond acceptors (Lipinski definition) is 3. The van der Waals surface area contributed by atoms with Gasteiger partial charge in [0.15, 0.2) is 5.69 Å². The molecule has 1 aliphatic carbocycles. The number of aryl methyl sites for hydroxylation is 1. The molecule has 31 heavy (non-hydrogen) atoms. The van der Waals surface area contributed by atoms with Crippen molar-refractivity contribution in [1.82, 2.24) is 20.1 Å². The Balaban J connectivity index is 1.43. The first-order chi connectivity index (χ1) is 14.8.